The van der Waals surface area contributed by atoms with Crippen molar-refractivity contribution < 1.29 is 28.8 Å². The highest BCUT2D eigenvalue weighted by atomic mass is 32.2. The third kappa shape index (κ3) is 5.98. The van der Waals surface area contributed by atoms with Gasteiger partial charge in [-0.1, -0.05) is 24.8 Å². The fraction of sp³-hybridized carbons (Fsp3) is 0.565. The Bertz CT molecular complexity index is 1050. The number of ether oxygens (including phenoxy) is 1. The number of aliphatic hydroxyl groups is 3. The van der Waals surface area contributed by atoms with Crippen molar-refractivity contribution in [3.8, 4) is 0 Å². The van der Waals surface area contributed by atoms with Gasteiger partial charge in [0.05, 0.1) is 25.4 Å². The molecule has 2 aromatic rings. The van der Waals surface area contributed by atoms with E-state index in [1.165, 1.54) is 17.8 Å². The SMILES string of the molecule is CCCSc1nc(N[C@@H]2C[C@H](OCCO)[C@@H](O)[C@H]2O)c(NN)c(N[C@@H]2C[C@H]2c2ccc(F)c(F)c2)n1. The lowest BCUT2D eigenvalue weighted by molar-refractivity contribution is -0.0612. The van der Waals surface area contributed by atoms with Crippen LogP contribution in [0.4, 0.5) is 26.1 Å². The summed E-state index contributed by atoms with van der Waals surface area (Å²) in [5, 5.41) is 36.9. The summed E-state index contributed by atoms with van der Waals surface area (Å²) in [5.74, 6) is 5.63. The highest BCUT2D eigenvalue weighted by Gasteiger charge is 2.43. The van der Waals surface area contributed by atoms with Crippen LogP contribution in [0.3, 0.4) is 0 Å². The Balaban J connectivity index is 1.54. The first-order valence-corrected chi connectivity index (χ1v) is 12.9. The zero-order valence-corrected chi connectivity index (χ0v) is 20.6. The van der Waals surface area contributed by atoms with Crippen LogP contribution in [0.15, 0.2) is 23.4 Å². The first-order valence-electron chi connectivity index (χ1n) is 11.9. The van der Waals surface area contributed by atoms with Gasteiger partial charge in [-0.15, -0.1) is 0 Å². The number of hydrazine groups is 1. The molecule has 4 rings (SSSR count). The van der Waals surface area contributed by atoms with Crippen molar-refractivity contribution in [3.63, 3.8) is 0 Å². The number of aliphatic hydroxyl groups excluding tert-OH is 3. The fourth-order valence-corrected chi connectivity index (χ4v) is 5.06. The maximum atomic E-state index is 13.7. The van der Waals surface area contributed by atoms with E-state index in [0.29, 0.717) is 34.5 Å². The molecule has 198 valence electrons. The molecule has 8 N–H and O–H groups in total. The lowest BCUT2D eigenvalue weighted by Gasteiger charge is -2.22. The molecule has 6 atom stereocenters. The molecule has 0 bridgehead atoms. The lowest BCUT2D eigenvalue weighted by atomic mass is 10.1. The lowest BCUT2D eigenvalue weighted by Crippen LogP contribution is -2.37. The van der Waals surface area contributed by atoms with Gasteiger partial charge in [0.15, 0.2) is 28.4 Å². The minimum Gasteiger partial charge on any atom is -0.394 e. The topological polar surface area (TPSA) is 158 Å². The average Bonchev–Trinajstić information content (AvgIpc) is 3.58. The van der Waals surface area contributed by atoms with Crippen LogP contribution in [0, 0.1) is 11.6 Å². The van der Waals surface area contributed by atoms with E-state index >= 15 is 0 Å². The van der Waals surface area contributed by atoms with E-state index in [-0.39, 0.29) is 31.6 Å². The predicted octanol–water partition coefficient (Wildman–Crippen LogP) is 1.79. The molecule has 0 amide bonds. The quantitative estimate of drug-likeness (QED) is 0.0936. The maximum absolute atomic E-state index is 13.7. The molecule has 0 saturated heterocycles. The average molecular weight is 527 g/mol. The Hall–Kier alpha value is -2.29. The maximum Gasteiger partial charge on any atom is 0.191 e. The zero-order chi connectivity index (χ0) is 25.8. The summed E-state index contributed by atoms with van der Waals surface area (Å²) < 4.78 is 32.5. The van der Waals surface area contributed by atoms with Gasteiger partial charge >= 0.3 is 0 Å². The van der Waals surface area contributed by atoms with E-state index in [4.69, 9.17) is 15.7 Å². The monoisotopic (exact) mass is 526 g/mol. The number of anilines is 3. The van der Waals surface area contributed by atoms with Gasteiger partial charge in [-0.25, -0.2) is 18.7 Å². The number of nitrogens with one attached hydrogen (secondary N) is 3. The van der Waals surface area contributed by atoms with Gasteiger partial charge in [0.2, 0.25) is 0 Å². The van der Waals surface area contributed by atoms with Crippen LogP contribution < -0.4 is 21.9 Å². The molecule has 2 aliphatic rings. The molecule has 0 unspecified atom stereocenters. The standard InChI is InChI=1S/C23H32F2N6O4S/c1-2-7-36-23-29-21(27-15-9-12(15)11-3-4-13(24)14(25)8-11)18(31-26)22(30-23)28-16-10-17(35-6-5-32)20(34)19(16)33/h3-4,8,12,15-17,19-20,31-34H,2,5-7,9-10,26H2,1H3,(H2,27,28,29,30)/t12-,15+,16+,17-,19-,20+/m0/s1. The summed E-state index contributed by atoms with van der Waals surface area (Å²) in [7, 11) is 0. The van der Waals surface area contributed by atoms with Crippen molar-refractivity contribution in [2.45, 2.75) is 67.7 Å². The molecule has 0 aliphatic heterocycles. The second kappa shape index (κ2) is 11.8. The minimum absolute atomic E-state index is 0.0138. The van der Waals surface area contributed by atoms with Gasteiger partial charge in [0, 0.05) is 17.7 Å². The van der Waals surface area contributed by atoms with Crippen molar-refractivity contribution in [1.82, 2.24) is 9.97 Å². The Morgan fingerprint density at radius 1 is 1.08 bits per heavy atom. The van der Waals surface area contributed by atoms with E-state index in [1.807, 2.05) is 6.92 Å². The first kappa shape index (κ1) is 26.8. The van der Waals surface area contributed by atoms with Crippen LogP contribution in [0.25, 0.3) is 0 Å². The van der Waals surface area contributed by atoms with E-state index in [1.54, 1.807) is 6.07 Å². The molecule has 0 radical (unpaired) electrons. The van der Waals surface area contributed by atoms with Crippen molar-refractivity contribution in [1.29, 1.82) is 0 Å². The van der Waals surface area contributed by atoms with Crippen LogP contribution in [0.5, 0.6) is 0 Å². The number of hydrogen-bond donors (Lipinski definition) is 7. The molecule has 1 heterocycles. The number of aromatic nitrogens is 2. The van der Waals surface area contributed by atoms with Gasteiger partial charge in [0.25, 0.3) is 0 Å². The Kier molecular flexibility index (Phi) is 8.80. The number of halogens is 2. The number of hydrogen-bond acceptors (Lipinski definition) is 11. The zero-order valence-electron chi connectivity index (χ0n) is 19.8. The molecule has 1 aromatic heterocycles. The normalized spacial score (nSPS) is 27.2. The number of rotatable bonds is 12. The van der Waals surface area contributed by atoms with Gasteiger partial charge in [-0.05, 0) is 37.0 Å². The van der Waals surface area contributed by atoms with Crippen LogP contribution in [0.2, 0.25) is 0 Å². The number of benzene rings is 1. The Morgan fingerprint density at radius 2 is 1.81 bits per heavy atom. The molecule has 0 spiro atoms. The minimum atomic E-state index is -1.13. The number of thioether (sulfide) groups is 1. The van der Waals surface area contributed by atoms with Crippen molar-refractivity contribution in [2.75, 3.05) is 35.0 Å². The van der Waals surface area contributed by atoms with Crippen LogP contribution >= 0.6 is 11.8 Å². The molecule has 2 fully saturated rings. The molecule has 2 aliphatic carbocycles. The highest BCUT2D eigenvalue weighted by Crippen LogP contribution is 2.44. The predicted molar refractivity (Wildman–Crippen MR) is 133 cm³/mol. The third-order valence-corrected chi connectivity index (χ3v) is 7.38. The van der Waals surface area contributed by atoms with E-state index in [0.717, 1.165) is 18.2 Å². The van der Waals surface area contributed by atoms with Crippen LogP contribution in [-0.4, -0.2) is 74.6 Å². The smallest absolute Gasteiger partial charge is 0.191 e. The summed E-state index contributed by atoms with van der Waals surface area (Å²) in [6.45, 7) is 1.90. The van der Waals surface area contributed by atoms with Crippen molar-refractivity contribution >= 4 is 29.1 Å². The molecule has 2 saturated carbocycles. The molecular weight excluding hydrogens is 494 g/mol. The molecular formula is C23H32F2N6O4S. The molecule has 36 heavy (non-hydrogen) atoms. The van der Waals surface area contributed by atoms with Gasteiger partial charge in [0.1, 0.15) is 17.9 Å². The van der Waals surface area contributed by atoms with Crippen LogP contribution in [-0.2, 0) is 4.74 Å². The second-order valence-corrected chi connectivity index (χ2v) is 10.0. The largest absolute Gasteiger partial charge is 0.394 e. The van der Waals surface area contributed by atoms with Crippen molar-refractivity contribution in [2.24, 2.45) is 5.84 Å². The molecule has 1 aromatic carbocycles. The summed E-state index contributed by atoms with van der Waals surface area (Å²) in [6.07, 6.45) is -0.989. The number of nitrogen functional groups attached to an aromatic ring is 1. The summed E-state index contributed by atoms with van der Waals surface area (Å²) in [6, 6.07) is 3.26. The van der Waals surface area contributed by atoms with Crippen LogP contribution in [0.1, 0.15) is 37.7 Å². The summed E-state index contributed by atoms with van der Waals surface area (Å²) in [5.41, 5.74) is 3.68. The van der Waals surface area contributed by atoms with Gasteiger partial charge in [-0.2, -0.15) is 0 Å². The van der Waals surface area contributed by atoms with E-state index < -0.39 is 36.0 Å². The fourth-order valence-electron chi connectivity index (χ4n) is 4.36. The van der Waals surface area contributed by atoms with E-state index in [2.05, 4.69) is 26.0 Å². The van der Waals surface area contributed by atoms with Crippen molar-refractivity contribution in [3.05, 3.63) is 35.4 Å². The third-order valence-electron chi connectivity index (χ3n) is 6.33. The second-order valence-electron chi connectivity index (χ2n) is 8.94. The highest BCUT2D eigenvalue weighted by molar-refractivity contribution is 7.99. The van der Waals surface area contributed by atoms with Gasteiger partial charge < -0.3 is 36.1 Å². The summed E-state index contributed by atoms with van der Waals surface area (Å²) >= 11 is 1.46. The Morgan fingerprint density at radius 3 is 2.44 bits per heavy atom. The molecule has 10 nitrogen and oxygen atoms in total. The first-order chi connectivity index (χ1) is 17.4. The Labute approximate surface area is 212 Å². The van der Waals surface area contributed by atoms with E-state index in [9.17, 15) is 19.0 Å². The number of nitrogens with zero attached hydrogens (tertiary/aromatic N) is 2. The molecule has 13 heteroatoms. The number of nitrogens with two attached hydrogens (primary N) is 1. The van der Waals surface area contributed by atoms with Gasteiger partial charge in [-0.3, -0.25) is 5.84 Å². The summed E-state index contributed by atoms with van der Waals surface area (Å²) in [4.78, 5) is 9.18.